The van der Waals surface area contributed by atoms with Gasteiger partial charge in [0, 0.05) is 18.0 Å². The number of aromatic nitrogens is 1. The van der Waals surface area contributed by atoms with Crippen LogP contribution in [0, 0.1) is 13.8 Å². The number of guanidine groups is 1. The summed E-state index contributed by atoms with van der Waals surface area (Å²) in [6.45, 7) is 4.54. The van der Waals surface area contributed by atoms with Crippen LogP contribution in [0.4, 0.5) is 5.69 Å². The molecule has 0 spiro atoms. The van der Waals surface area contributed by atoms with E-state index in [4.69, 9.17) is 15.2 Å². The summed E-state index contributed by atoms with van der Waals surface area (Å²) < 4.78 is 11.0. The molecule has 1 aromatic heterocycles. The van der Waals surface area contributed by atoms with E-state index in [0.29, 0.717) is 18.4 Å². The molecule has 0 bridgehead atoms. The number of halogens is 1. The predicted octanol–water partition coefficient (Wildman–Crippen LogP) is 5.04. The number of aryl methyl sites for hydroxylation is 2. The van der Waals surface area contributed by atoms with Gasteiger partial charge in [-0.05, 0) is 73.0 Å². The van der Waals surface area contributed by atoms with Crippen LogP contribution in [0.2, 0.25) is 0 Å². The summed E-state index contributed by atoms with van der Waals surface area (Å²) in [7, 11) is 1.63. The average Bonchev–Trinajstić information content (AvgIpc) is 2.70. The number of anilines is 1. The van der Waals surface area contributed by atoms with E-state index in [1.165, 1.54) is 11.1 Å². The third-order valence-corrected chi connectivity index (χ3v) is 4.29. The highest BCUT2D eigenvalue weighted by Gasteiger charge is 2.03. The molecule has 0 saturated heterocycles. The second kappa shape index (κ2) is 10.7. The quantitative estimate of drug-likeness (QED) is 0.279. The molecule has 0 unspecified atom stereocenters. The largest absolute Gasteiger partial charge is 0.497 e. The number of hydrogen-bond acceptors (Lipinski definition) is 4. The number of nitrogens with zero attached hydrogens (tertiary/aromatic N) is 2. The fraction of sp³-hybridized carbons (Fsp3) is 0.182. The van der Waals surface area contributed by atoms with Gasteiger partial charge in [0.15, 0.2) is 5.96 Å². The minimum atomic E-state index is 0. The SMILES string of the molecule is COc1ccc(NC(N)=NCc2ccnc(Oc3ccc(C)c(C)c3)c2)cc1.I. The highest BCUT2D eigenvalue weighted by atomic mass is 127. The molecule has 29 heavy (non-hydrogen) atoms. The van der Waals surface area contributed by atoms with Gasteiger partial charge in [0.25, 0.3) is 0 Å². The molecule has 0 atom stereocenters. The molecule has 3 N–H and O–H groups in total. The summed E-state index contributed by atoms with van der Waals surface area (Å²) in [4.78, 5) is 8.64. The predicted molar refractivity (Wildman–Crippen MR) is 128 cm³/mol. The number of hydrogen-bond donors (Lipinski definition) is 2. The molecule has 0 fully saturated rings. The normalized spacial score (nSPS) is 10.8. The van der Waals surface area contributed by atoms with Crippen LogP contribution >= 0.6 is 24.0 Å². The molecule has 1 heterocycles. The Balaban J connectivity index is 0.00000300. The maximum absolute atomic E-state index is 5.98. The van der Waals surface area contributed by atoms with Crippen molar-refractivity contribution in [1.29, 1.82) is 0 Å². The summed E-state index contributed by atoms with van der Waals surface area (Å²) in [6, 6.07) is 17.2. The standard InChI is InChI=1S/C22H24N4O2.HI/c1-15-4-7-20(12-16(15)2)28-21-13-17(10-11-24-21)14-25-22(23)26-18-5-8-19(27-3)9-6-18;/h4-13H,14H2,1-3H3,(H3,23,25,26);1H. The van der Waals surface area contributed by atoms with E-state index in [-0.39, 0.29) is 24.0 Å². The summed E-state index contributed by atoms with van der Waals surface area (Å²) in [5.74, 6) is 2.40. The second-order valence-electron chi connectivity index (χ2n) is 6.41. The first kappa shape index (κ1) is 22.5. The fourth-order valence-electron chi connectivity index (χ4n) is 2.54. The Morgan fingerprint density at radius 2 is 1.72 bits per heavy atom. The monoisotopic (exact) mass is 504 g/mol. The number of pyridine rings is 1. The number of aliphatic imine (C=N–C) groups is 1. The highest BCUT2D eigenvalue weighted by molar-refractivity contribution is 14.0. The molecular formula is C22H25IN4O2. The Morgan fingerprint density at radius 1 is 1.00 bits per heavy atom. The smallest absolute Gasteiger partial charge is 0.219 e. The number of ether oxygens (including phenoxy) is 2. The van der Waals surface area contributed by atoms with E-state index in [2.05, 4.69) is 29.1 Å². The number of rotatable bonds is 6. The van der Waals surface area contributed by atoms with Gasteiger partial charge in [-0.3, -0.25) is 0 Å². The summed E-state index contributed by atoms with van der Waals surface area (Å²) in [5.41, 5.74) is 10.2. The van der Waals surface area contributed by atoms with Crippen LogP contribution in [0.25, 0.3) is 0 Å². The molecule has 2 aromatic carbocycles. The van der Waals surface area contributed by atoms with E-state index in [0.717, 1.165) is 22.7 Å². The first-order valence-electron chi connectivity index (χ1n) is 8.94. The van der Waals surface area contributed by atoms with E-state index in [1.54, 1.807) is 13.3 Å². The minimum absolute atomic E-state index is 0. The summed E-state index contributed by atoms with van der Waals surface area (Å²) in [6.07, 6.45) is 1.70. The van der Waals surface area contributed by atoms with Crippen molar-refractivity contribution >= 4 is 35.6 Å². The third-order valence-electron chi connectivity index (χ3n) is 4.29. The zero-order chi connectivity index (χ0) is 19.9. The molecule has 7 heteroatoms. The summed E-state index contributed by atoms with van der Waals surface area (Å²) in [5, 5.41) is 3.05. The average molecular weight is 504 g/mol. The van der Waals surface area contributed by atoms with Crippen molar-refractivity contribution < 1.29 is 9.47 Å². The van der Waals surface area contributed by atoms with Gasteiger partial charge >= 0.3 is 0 Å². The molecule has 0 saturated carbocycles. The zero-order valence-electron chi connectivity index (χ0n) is 16.7. The van der Waals surface area contributed by atoms with Crippen molar-refractivity contribution in [2.45, 2.75) is 20.4 Å². The number of benzene rings is 2. The molecule has 0 aliphatic rings. The van der Waals surface area contributed by atoms with Crippen LogP contribution < -0.4 is 20.5 Å². The maximum Gasteiger partial charge on any atom is 0.219 e. The number of nitrogens with two attached hydrogens (primary N) is 1. The van der Waals surface area contributed by atoms with E-state index < -0.39 is 0 Å². The van der Waals surface area contributed by atoms with Crippen molar-refractivity contribution in [3.8, 4) is 17.4 Å². The van der Waals surface area contributed by atoms with Crippen LogP contribution in [0.15, 0.2) is 65.8 Å². The van der Waals surface area contributed by atoms with Gasteiger partial charge in [-0.25, -0.2) is 9.98 Å². The molecule has 3 aromatic rings. The second-order valence-corrected chi connectivity index (χ2v) is 6.41. The highest BCUT2D eigenvalue weighted by Crippen LogP contribution is 2.23. The molecule has 3 rings (SSSR count). The molecular weight excluding hydrogens is 479 g/mol. The molecule has 0 aliphatic heterocycles. The fourth-order valence-corrected chi connectivity index (χ4v) is 2.54. The van der Waals surface area contributed by atoms with Crippen molar-refractivity contribution in [3.63, 3.8) is 0 Å². The van der Waals surface area contributed by atoms with Crippen molar-refractivity contribution in [2.75, 3.05) is 12.4 Å². The maximum atomic E-state index is 5.98. The Labute approximate surface area is 188 Å². The van der Waals surface area contributed by atoms with Crippen LogP contribution in [0.3, 0.4) is 0 Å². The van der Waals surface area contributed by atoms with Gasteiger partial charge in [0.05, 0.1) is 13.7 Å². The Hall–Kier alpha value is -2.81. The zero-order valence-corrected chi connectivity index (χ0v) is 19.0. The van der Waals surface area contributed by atoms with Gasteiger partial charge < -0.3 is 20.5 Å². The molecule has 0 amide bonds. The van der Waals surface area contributed by atoms with Gasteiger partial charge in [-0.2, -0.15) is 0 Å². The molecule has 0 aliphatic carbocycles. The van der Waals surface area contributed by atoms with Crippen molar-refractivity contribution in [2.24, 2.45) is 10.7 Å². The van der Waals surface area contributed by atoms with Gasteiger partial charge in [-0.15, -0.1) is 24.0 Å². The van der Waals surface area contributed by atoms with Crippen molar-refractivity contribution in [3.05, 3.63) is 77.5 Å². The third kappa shape index (κ3) is 6.63. The van der Waals surface area contributed by atoms with Gasteiger partial charge in [-0.1, -0.05) is 6.07 Å². The van der Waals surface area contributed by atoms with Gasteiger partial charge in [0.1, 0.15) is 11.5 Å². The Bertz CT molecular complexity index is 975. The van der Waals surface area contributed by atoms with Crippen LogP contribution in [-0.2, 0) is 6.54 Å². The van der Waals surface area contributed by atoms with Crippen LogP contribution in [0.1, 0.15) is 16.7 Å². The Morgan fingerprint density at radius 3 is 2.41 bits per heavy atom. The van der Waals surface area contributed by atoms with E-state index in [9.17, 15) is 0 Å². The van der Waals surface area contributed by atoms with Crippen LogP contribution in [-0.4, -0.2) is 18.1 Å². The first-order chi connectivity index (χ1) is 13.5. The molecule has 152 valence electrons. The lowest BCUT2D eigenvalue weighted by atomic mass is 10.1. The van der Waals surface area contributed by atoms with E-state index in [1.807, 2.05) is 54.6 Å². The Kier molecular flexibility index (Phi) is 8.26. The lowest BCUT2D eigenvalue weighted by molar-refractivity contribution is 0.415. The van der Waals surface area contributed by atoms with Gasteiger partial charge in [0.2, 0.25) is 5.88 Å². The number of nitrogens with one attached hydrogen (secondary N) is 1. The topological polar surface area (TPSA) is 81.8 Å². The lowest BCUT2D eigenvalue weighted by Crippen LogP contribution is -2.22. The first-order valence-corrected chi connectivity index (χ1v) is 8.94. The lowest BCUT2D eigenvalue weighted by Gasteiger charge is -2.09. The minimum Gasteiger partial charge on any atom is -0.497 e. The molecule has 6 nitrogen and oxygen atoms in total. The van der Waals surface area contributed by atoms with Crippen molar-refractivity contribution in [1.82, 2.24) is 4.98 Å². The summed E-state index contributed by atoms with van der Waals surface area (Å²) >= 11 is 0. The van der Waals surface area contributed by atoms with E-state index >= 15 is 0 Å². The molecule has 0 radical (unpaired) electrons. The van der Waals surface area contributed by atoms with Crippen LogP contribution in [0.5, 0.6) is 17.4 Å². The number of methoxy groups -OCH3 is 1.